The molecule has 0 bridgehead atoms. The fourth-order valence-corrected chi connectivity index (χ4v) is 4.68. The molecular weight excluding hydrogens is 314 g/mol. The van der Waals surface area contributed by atoms with Crippen LogP contribution in [0, 0.1) is 5.41 Å². The maximum absolute atomic E-state index is 10.5. The van der Waals surface area contributed by atoms with E-state index in [1.807, 2.05) is 23.0 Å². The molecule has 1 N–H and O–H groups in total. The van der Waals surface area contributed by atoms with E-state index in [0.29, 0.717) is 0 Å². The SMILES string of the molecule is COc1ccc(-n2cccn2)c(CN2CCC[C@]3(CCC[C@H]3O)C2)c1. The molecule has 2 aromatic rings. The number of hydrogen-bond acceptors (Lipinski definition) is 4. The third kappa shape index (κ3) is 3.18. The third-order valence-corrected chi connectivity index (χ3v) is 5.98. The van der Waals surface area contributed by atoms with Gasteiger partial charge in [-0.05, 0) is 62.1 Å². The zero-order chi connectivity index (χ0) is 17.3. The molecule has 1 aromatic heterocycles. The van der Waals surface area contributed by atoms with Crippen molar-refractivity contribution >= 4 is 0 Å². The highest BCUT2D eigenvalue weighted by atomic mass is 16.5. The van der Waals surface area contributed by atoms with Gasteiger partial charge >= 0.3 is 0 Å². The minimum absolute atomic E-state index is 0.114. The Morgan fingerprint density at radius 3 is 2.92 bits per heavy atom. The van der Waals surface area contributed by atoms with E-state index in [2.05, 4.69) is 22.1 Å². The molecule has 1 aliphatic heterocycles. The molecule has 25 heavy (non-hydrogen) atoms. The molecule has 1 saturated carbocycles. The van der Waals surface area contributed by atoms with Crippen LogP contribution in [0.3, 0.4) is 0 Å². The van der Waals surface area contributed by atoms with Crippen molar-refractivity contribution in [3.05, 3.63) is 42.2 Å². The molecule has 0 unspecified atom stereocenters. The first-order chi connectivity index (χ1) is 12.2. The molecule has 0 amide bonds. The van der Waals surface area contributed by atoms with Crippen LogP contribution >= 0.6 is 0 Å². The number of aliphatic hydroxyl groups excluding tert-OH is 1. The first-order valence-corrected chi connectivity index (χ1v) is 9.28. The van der Waals surface area contributed by atoms with Crippen LogP contribution in [0.25, 0.3) is 5.69 Å². The fraction of sp³-hybridized carbons (Fsp3) is 0.550. The molecule has 1 saturated heterocycles. The number of aliphatic hydroxyl groups is 1. The standard InChI is InChI=1S/C20H27N3O2/c1-25-17-6-7-18(23-12-4-10-21-23)16(13-17)14-22-11-3-9-20(15-22)8-2-5-19(20)24/h4,6-7,10,12-13,19,24H,2-3,5,8-9,11,14-15H2,1H3/t19-,20-/m1/s1. The largest absolute Gasteiger partial charge is 0.497 e. The van der Waals surface area contributed by atoms with Crippen molar-refractivity contribution in [1.29, 1.82) is 0 Å². The van der Waals surface area contributed by atoms with Gasteiger partial charge in [0.15, 0.2) is 0 Å². The molecule has 2 heterocycles. The molecule has 1 aromatic carbocycles. The Labute approximate surface area is 149 Å². The van der Waals surface area contributed by atoms with Gasteiger partial charge in [0, 0.05) is 30.9 Å². The lowest BCUT2D eigenvalue weighted by molar-refractivity contribution is -0.0120. The predicted molar refractivity (Wildman–Crippen MR) is 96.9 cm³/mol. The topological polar surface area (TPSA) is 50.5 Å². The Kier molecular flexibility index (Phi) is 4.52. The van der Waals surface area contributed by atoms with Crippen molar-refractivity contribution in [2.45, 2.75) is 44.8 Å². The summed E-state index contributed by atoms with van der Waals surface area (Å²) in [6.45, 7) is 2.94. The fourth-order valence-electron chi connectivity index (χ4n) is 4.68. The highest BCUT2D eigenvalue weighted by Gasteiger charge is 2.44. The molecule has 2 fully saturated rings. The summed E-state index contributed by atoms with van der Waals surface area (Å²) in [7, 11) is 1.71. The average Bonchev–Trinajstić information content (AvgIpc) is 3.26. The number of piperidine rings is 1. The van der Waals surface area contributed by atoms with E-state index in [1.54, 1.807) is 13.3 Å². The predicted octanol–water partition coefficient (Wildman–Crippen LogP) is 3.01. The summed E-state index contributed by atoms with van der Waals surface area (Å²) in [5.74, 6) is 0.874. The van der Waals surface area contributed by atoms with Crippen LogP contribution in [-0.4, -0.2) is 46.1 Å². The number of methoxy groups -OCH3 is 1. The number of hydrogen-bond donors (Lipinski definition) is 1. The van der Waals surface area contributed by atoms with Crippen molar-refractivity contribution in [2.75, 3.05) is 20.2 Å². The quantitative estimate of drug-likeness (QED) is 0.929. The summed E-state index contributed by atoms with van der Waals surface area (Å²) < 4.78 is 7.35. The number of aromatic nitrogens is 2. The van der Waals surface area contributed by atoms with Gasteiger partial charge in [0.05, 0.1) is 18.9 Å². The molecule has 2 aliphatic rings. The third-order valence-electron chi connectivity index (χ3n) is 5.98. The first kappa shape index (κ1) is 16.6. The average molecular weight is 341 g/mol. The van der Waals surface area contributed by atoms with Gasteiger partial charge in [-0.1, -0.05) is 6.42 Å². The Hall–Kier alpha value is -1.85. The lowest BCUT2D eigenvalue weighted by atomic mass is 9.76. The van der Waals surface area contributed by atoms with E-state index in [1.165, 1.54) is 5.56 Å². The Morgan fingerprint density at radius 2 is 2.20 bits per heavy atom. The summed E-state index contributed by atoms with van der Waals surface area (Å²) in [5, 5.41) is 14.9. The monoisotopic (exact) mass is 341 g/mol. The molecule has 134 valence electrons. The zero-order valence-electron chi connectivity index (χ0n) is 14.9. The second kappa shape index (κ2) is 6.81. The van der Waals surface area contributed by atoms with Crippen LogP contribution in [-0.2, 0) is 6.54 Å². The number of benzene rings is 1. The van der Waals surface area contributed by atoms with E-state index >= 15 is 0 Å². The van der Waals surface area contributed by atoms with Gasteiger partial charge in [-0.3, -0.25) is 4.90 Å². The van der Waals surface area contributed by atoms with Gasteiger partial charge in [-0.25, -0.2) is 4.68 Å². The smallest absolute Gasteiger partial charge is 0.119 e. The summed E-state index contributed by atoms with van der Waals surface area (Å²) in [6, 6.07) is 8.12. The van der Waals surface area contributed by atoms with Crippen LogP contribution < -0.4 is 4.74 Å². The summed E-state index contributed by atoms with van der Waals surface area (Å²) >= 11 is 0. The summed E-state index contributed by atoms with van der Waals surface area (Å²) in [4.78, 5) is 2.50. The van der Waals surface area contributed by atoms with Crippen molar-refractivity contribution in [3.8, 4) is 11.4 Å². The van der Waals surface area contributed by atoms with Crippen LogP contribution in [0.15, 0.2) is 36.7 Å². The lowest BCUT2D eigenvalue weighted by Gasteiger charge is -2.42. The molecule has 2 atom stereocenters. The lowest BCUT2D eigenvalue weighted by Crippen LogP contribution is -2.46. The maximum Gasteiger partial charge on any atom is 0.119 e. The molecule has 5 heteroatoms. The second-order valence-electron chi connectivity index (χ2n) is 7.53. The Balaban J connectivity index is 1.59. The number of ether oxygens (including phenoxy) is 1. The summed E-state index contributed by atoms with van der Waals surface area (Å²) in [6.07, 6.45) is 9.26. The van der Waals surface area contributed by atoms with E-state index in [4.69, 9.17) is 4.74 Å². The van der Waals surface area contributed by atoms with Gasteiger partial charge in [0.25, 0.3) is 0 Å². The number of rotatable bonds is 4. The zero-order valence-corrected chi connectivity index (χ0v) is 14.9. The minimum Gasteiger partial charge on any atom is -0.497 e. The molecule has 0 radical (unpaired) electrons. The van der Waals surface area contributed by atoms with Crippen LogP contribution in [0.1, 0.15) is 37.7 Å². The van der Waals surface area contributed by atoms with Crippen molar-refractivity contribution in [3.63, 3.8) is 0 Å². The van der Waals surface area contributed by atoms with E-state index in [-0.39, 0.29) is 11.5 Å². The van der Waals surface area contributed by atoms with Crippen molar-refractivity contribution in [2.24, 2.45) is 5.41 Å². The van der Waals surface area contributed by atoms with E-state index in [0.717, 1.165) is 63.2 Å². The molecule has 1 aliphatic carbocycles. The highest BCUT2D eigenvalue weighted by molar-refractivity contribution is 5.45. The van der Waals surface area contributed by atoms with E-state index < -0.39 is 0 Å². The molecule has 4 rings (SSSR count). The first-order valence-electron chi connectivity index (χ1n) is 9.28. The van der Waals surface area contributed by atoms with Gasteiger partial charge in [0.2, 0.25) is 0 Å². The Bertz CT molecular complexity index is 716. The van der Waals surface area contributed by atoms with Gasteiger partial charge in [0.1, 0.15) is 5.75 Å². The summed E-state index contributed by atoms with van der Waals surface area (Å²) in [5.41, 5.74) is 2.42. The maximum atomic E-state index is 10.5. The minimum atomic E-state index is -0.133. The van der Waals surface area contributed by atoms with E-state index in [9.17, 15) is 5.11 Å². The molecule has 5 nitrogen and oxygen atoms in total. The van der Waals surface area contributed by atoms with Gasteiger partial charge in [-0.15, -0.1) is 0 Å². The van der Waals surface area contributed by atoms with Crippen molar-refractivity contribution < 1.29 is 9.84 Å². The highest BCUT2D eigenvalue weighted by Crippen LogP contribution is 2.45. The van der Waals surface area contributed by atoms with Gasteiger partial charge < -0.3 is 9.84 Å². The Morgan fingerprint density at radius 1 is 1.32 bits per heavy atom. The van der Waals surface area contributed by atoms with Crippen LogP contribution in [0.4, 0.5) is 0 Å². The molecular formula is C20H27N3O2. The van der Waals surface area contributed by atoms with Crippen LogP contribution in [0.2, 0.25) is 0 Å². The number of likely N-dealkylation sites (tertiary alicyclic amines) is 1. The normalized spacial score (nSPS) is 27.0. The van der Waals surface area contributed by atoms with Crippen LogP contribution in [0.5, 0.6) is 5.75 Å². The number of nitrogens with zero attached hydrogens (tertiary/aromatic N) is 3. The second-order valence-corrected chi connectivity index (χ2v) is 7.53. The van der Waals surface area contributed by atoms with Crippen molar-refractivity contribution in [1.82, 2.24) is 14.7 Å². The molecule has 1 spiro atoms. The van der Waals surface area contributed by atoms with Gasteiger partial charge in [-0.2, -0.15) is 5.10 Å².